The summed E-state index contributed by atoms with van der Waals surface area (Å²) in [6.07, 6.45) is 6.16. The van der Waals surface area contributed by atoms with Gasteiger partial charge in [0.2, 0.25) is 0 Å². The number of rotatable bonds is 6. The molecule has 31 heavy (non-hydrogen) atoms. The second-order valence-electron chi connectivity index (χ2n) is 6.91. The summed E-state index contributed by atoms with van der Waals surface area (Å²) in [6.45, 7) is 1.32. The molecule has 8 nitrogen and oxygen atoms in total. The maximum atomic E-state index is 12.7. The van der Waals surface area contributed by atoms with Crippen LogP contribution < -0.4 is 20.7 Å². The highest BCUT2D eigenvalue weighted by atomic mass is 35.5. The van der Waals surface area contributed by atoms with Crippen molar-refractivity contribution >= 4 is 29.0 Å². The summed E-state index contributed by atoms with van der Waals surface area (Å²) in [5.74, 6) is 0.133. The van der Waals surface area contributed by atoms with E-state index in [0.29, 0.717) is 41.3 Å². The third-order valence-electron chi connectivity index (χ3n) is 4.56. The molecular formula is C20H17ClF2N6O2. The number of pyridine rings is 1. The zero-order valence-corrected chi connectivity index (χ0v) is 16.8. The monoisotopic (exact) mass is 446 g/mol. The Labute approximate surface area is 181 Å². The molecule has 0 radical (unpaired) electrons. The van der Waals surface area contributed by atoms with Crippen LogP contribution in [-0.2, 0) is 0 Å². The Kier molecular flexibility index (Phi) is 5.66. The molecule has 0 saturated carbocycles. The molecule has 3 aromatic rings. The number of carbonyl (C=O) groups is 1. The first kappa shape index (κ1) is 20.9. The lowest BCUT2D eigenvalue weighted by molar-refractivity contribution is -0.0964. The minimum absolute atomic E-state index is 0.0790. The second kappa shape index (κ2) is 8.40. The maximum Gasteiger partial charge on any atom is 0.487 e. The van der Waals surface area contributed by atoms with Crippen molar-refractivity contribution in [2.45, 2.75) is 11.6 Å². The van der Waals surface area contributed by atoms with E-state index in [2.05, 4.69) is 25.0 Å². The van der Waals surface area contributed by atoms with Crippen molar-refractivity contribution < 1.29 is 18.3 Å². The van der Waals surface area contributed by atoms with Gasteiger partial charge in [-0.3, -0.25) is 4.79 Å². The Morgan fingerprint density at radius 2 is 1.87 bits per heavy atom. The number of hydrogen-bond acceptors (Lipinski definition) is 7. The standard InChI is InChI=1S/C20H17ClF2N6O2/c21-20(22,23)31-16-3-1-15(2-4-16)28-19(30)12-5-17(13-6-25-11-26-7-13)18(27-8-12)29-9-14(24)10-29/h1-8,11,14H,9-10,24H2,(H,28,30). The molecule has 1 amide bonds. The van der Waals surface area contributed by atoms with E-state index < -0.39 is 11.5 Å². The van der Waals surface area contributed by atoms with Gasteiger partial charge in [0.15, 0.2) is 0 Å². The normalized spacial score (nSPS) is 14.1. The topological polar surface area (TPSA) is 106 Å². The van der Waals surface area contributed by atoms with Gasteiger partial charge in [-0.1, -0.05) is 0 Å². The van der Waals surface area contributed by atoms with E-state index in [1.807, 2.05) is 4.90 Å². The summed E-state index contributed by atoms with van der Waals surface area (Å²) in [7, 11) is 0. The van der Waals surface area contributed by atoms with Crippen molar-refractivity contribution in [2.24, 2.45) is 5.73 Å². The highest BCUT2D eigenvalue weighted by molar-refractivity contribution is 6.20. The number of ether oxygens (including phenoxy) is 1. The third kappa shape index (κ3) is 5.04. The van der Waals surface area contributed by atoms with Crippen LogP contribution in [0.5, 0.6) is 5.75 Å². The van der Waals surface area contributed by atoms with Crippen LogP contribution in [0, 0.1) is 0 Å². The average Bonchev–Trinajstić information content (AvgIpc) is 2.72. The first-order valence-electron chi connectivity index (χ1n) is 9.21. The summed E-state index contributed by atoms with van der Waals surface area (Å²) >= 11 is 4.74. The van der Waals surface area contributed by atoms with Crippen molar-refractivity contribution in [2.75, 3.05) is 23.3 Å². The Morgan fingerprint density at radius 1 is 1.19 bits per heavy atom. The number of nitrogens with one attached hydrogen (secondary N) is 1. The van der Waals surface area contributed by atoms with Gasteiger partial charge in [-0.25, -0.2) is 15.0 Å². The minimum atomic E-state index is -3.81. The molecule has 4 rings (SSSR count). The van der Waals surface area contributed by atoms with Gasteiger partial charge >= 0.3 is 5.57 Å². The Morgan fingerprint density at radius 3 is 2.48 bits per heavy atom. The van der Waals surface area contributed by atoms with Crippen molar-refractivity contribution in [3.8, 4) is 16.9 Å². The van der Waals surface area contributed by atoms with Gasteiger partial charge in [-0.15, -0.1) is 8.78 Å². The summed E-state index contributed by atoms with van der Waals surface area (Å²) in [4.78, 5) is 27.3. The first-order valence-corrected chi connectivity index (χ1v) is 9.59. The molecule has 11 heteroatoms. The van der Waals surface area contributed by atoms with Crippen LogP contribution in [0.15, 0.2) is 55.2 Å². The van der Waals surface area contributed by atoms with Gasteiger partial charge in [0.25, 0.3) is 5.91 Å². The average molecular weight is 447 g/mol. The maximum absolute atomic E-state index is 12.7. The van der Waals surface area contributed by atoms with Gasteiger partial charge in [0.05, 0.1) is 5.56 Å². The van der Waals surface area contributed by atoms with Crippen molar-refractivity contribution in [3.05, 3.63) is 60.8 Å². The Hall–Kier alpha value is -3.37. The van der Waals surface area contributed by atoms with E-state index in [-0.39, 0.29) is 11.8 Å². The number of nitrogens with two attached hydrogens (primary N) is 1. The van der Waals surface area contributed by atoms with Crippen LogP contribution in [0.4, 0.5) is 20.3 Å². The Balaban J connectivity index is 1.56. The number of amides is 1. The number of aromatic nitrogens is 3. The van der Waals surface area contributed by atoms with Gasteiger partial charge in [0.1, 0.15) is 17.9 Å². The van der Waals surface area contributed by atoms with Gasteiger partial charge in [0, 0.05) is 66.1 Å². The SMILES string of the molecule is NC1CN(c2ncc(C(=O)Nc3ccc(OC(F)(F)Cl)cc3)cc2-c2cncnc2)C1. The zero-order chi connectivity index (χ0) is 22.0. The molecule has 0 spiro atoms. The summed E-state index contributed by atoms with van der Waals surface area (Å²) in [5, 5.41) is 2.69. The van der Waals surface area contributed by atoms with E-state index >= 15 is 0 Å². The smallest absolute Gasteiger partial charge is 0.420 e. The quantitative estimate of drug-likeness (QED) is 0.560. The van der Waals surface area contributed by atoms with Crippen molar-refractivity contribution in [1.29, 1.82) is 0 Å². The van der Waals surface area contributed by atoms with E-state index in [9.17, 15) is 13.6 Å². The molecule has 1 saturated heterocycles. The lowest BCUT2D eigenvalue weighted by atomic mass is 10.0. The number of benzene rings is 1. The largest absolute Gasteiger partial charge is 0.487 e. The van der Waals surface area contributed by atoms with Crippen molar-refractivity contribution in [1.82, 2.24) is 15.0 Å². The summed E-state index contributed by atoms with van der Waals surface area (Å²) < 4.78 is 29.7. The highest BCUT2D eigenvalue weighted by Crippen LogP contribution is 2.32. The van der Waals surface area contributed by atoms with Crippen LogP contribution in [0.1, 0.15) is 10.4 Å². The molecule has 3 N–H and O–H groups in total. The third-order valence-corrected chi connectivity index (χ3v) is 4.63. The predicted molar refractivity (Wildman–Crippen MR) is 111 cm³/mol. The van der Waals surface area contributed by atoms with E-state index in [1.165, 1.54) is 36.8 Å². The second-order valence-corrected chi connectivity index (χ2v) is 7.35. The van der Waals surface area contributed by atoms with E-state index in [4.69, 9.17) is 17.3 Å². The van der Waals surface area contributed by atoms with Crippen LogP contribution in [0.2, 0.25) is 0 Å². The minimum Gasteiger partial charge on any atom is -0.420 e. The van der Waals surface area contributed by atoms with Crippen LogP contribution in [0.3, 0.4) is 0 Å². The predicted octanol–water partition coefficient (Wildman–Crippen LogP) is 3.11. The number of anilines is 2. The molecule has 160 valence electrons. The molecular weight excluding hydrogens is 430 g/mol. The van der Waals surface area contributed by atoms with Crippen LogP contribution in [-0.4, -0.2) is 45.6 Å². The molecule has 0 atom stereocenters. The van der Waals surface area contributed by atoms with E-state index in [1.54, 1.807) is 18.5 Å². The van der Waals surface area contributed by atoms with Crippen LogP contribution in [0.25, 0.3) is 11.1 Å². The zero-order valence-electron chi connectivity index (χ0n) is 16.0. The Bertz CT molecular complexity index is 1070. The summed E-state index contributed by atoms with van der Waals surface area (Å²) in [5.41, 5.74) is 4.18. The summed E-state index contributed by atoms with van der Waals surface area (Å²) in [6, 6.07) is 7.16. The molecule has 3 heterocycles. The molecule has 1 aromatic carbocycles. The number of halogens is 3. The van der Waals surface area contributed by atoms with Gasteiger partial charge < -0.3 is 20.7 Å². The molecule has 1 aliphatic heterocycles. The number of hydrogen-bond donors (Lipinski definition) is 2. The lowest BCUT2D eigenvalue weighted by Crippen LogP contribution is -2.56. The number of carbonyl (C=O) groups excluding carboxylic acids is 1. The van der Waals surface area contributed by atoms with Gasteiger partial charge in [-0.05, 0) is 30.3 Å². The fraction of sp³-hybridized carbons (Fsp3) is 0.200. The highest BCUT2D eigenvalue weighted by Gasteiger charge is 2.28. The van der Waals surface area contributed by atoms with E-state index in [0.717, 1.165) is 0 Å². The van der Waals surface area contributed by atoms with Crippen LogP contribution >= 0.6 is 11.6 Å². The lowest BCUT2D eigenvalue weighted by Gasteiger charge is -2.38. The number of alkyl halides is 3. The van der Waals surface area contributed by atoms with Crippen molar-refractivity contribution in [3.63, 3.8) is 0 Å². The van der Waals surface area contributed by atoms with Gasteiger partial charge in [-0.2, -0.15) is 0 Å². The fourth-order valence-corrected chi connectivity index (χ4v) is 3.20. The molecule has 0 aliphatic carbocycles. The number of nitrogens with zero attached hydrogens (tertiary/aromatic N) is 4. The molecule has 0 bridgehead atoms. The molecule has 1 fully saturated rings. The first-order chi connectivity index (χ1) is 14.8. The fourth-order valence-electron chi connectivity index (χ4n) is 3.11. The molecule has 0 unspecified atom stereocenters. The molecule has 2 aromatic heterocycles. The molecule has 1 aliphatic rings.